The standard InChI is InChI=1S/C62H102N4O47/c1-15(75)63-29-19(79)5-61(59(95)96,111-48(29)33(82)21(81)7-67)110-25(11-71)37(86)49-30(64-16(2)76)20(80)6-62(112-49,60(97)98)113-52-36(85)24(10-70)102-58(44(52)93)106-46-28(14-74)104-55(32(39(46)88)66-18(4)78)108-50-34(83)22(8-68)100-56(42(50)91)105-45-27(13-73)103-54(31(38(45)87)65-17(3)77)109-51-35(84)23(9-69)101-57(43(51)92)107-47-26(12-72)99-53(94)41(90)40(47)89/h19-58,67-74,79-94H,5-14H2,1-4H3,(H,63,75)(H,64,76)(H,65,77)(H,66,78)(H,95,96)(H,97,98)/t19-,20-,21+,22+,23+,24+,25+,26+,27+,28+,29+,30+,31+,32+,33+,34-,35-,36-,37+,38+,39+,40+,41+,42+,43+,44+,45+,46+,47+,48+,49+,50-,51-,52-,53+,54-,55-,56-,57-,58-,61+,62-/m0/s1. The summed E-state index contributed by atoms with van der Waals surface area (Å²) in [5, 5.41) is 296. The molecule has 4 amide bonds. The second-order valence-electron chi connectivity index (χ2n) is 28.2. The van der Waals surface area contributed by atoms with Gasteiger partial charge in [0, 0.05) is 40.5 Å². The Bertz CT molecular complexity index is 3110. The molecule has 8 aliphatic heterocycles. The van der Waals surface area contributed by atoms with Gasteiger partial charge in [0.05, 0.1) is 77.1 Å². The molecule has 652 valence electrons. The highest BCUT2D eigenvalue weighted by molar-refractivity contribution is 5.78. The fraction of sp³-hybridized carbons (Fsp3) is 0.903. The molecule has 51 heteroatoms. The number of amides is 4. The zero-order valence-corrected chi connectivity index (χ0v) is 60.4. The molecule has 30 N–H and O–H groups in total. The van der Waals surface area contributed by atoms with Gasteiger partial charge in [-0.15, -0.1) is 0 Å². The van der Waals surface area contributed by atoms with Crippen molar-refractivity contribution in [2.45, 2.75) is 297 Å². The minimum Gasteiger partial charge on any atom is -0.477 e. The molecule has 0 spiro atoms. The Labute approximate surface area is 637 Å². The van der Waals surface area contributed by atoms with Gasteiger partial charge < -0.3 is 225 Å². The molecule has 0 unspecified atom stereocenters. The van der Waals surface area contributed by atoms with E-state index in [0.29, 0.717) is 0 Å². The van der Waals surface area contributed by atoms with Crippen LogP contribution in [-0.4, -0.2) is 478 Å². The average molecular weight is 1660 g/mol. The lowest BCUT2D eigenvalue weighted by Gasteiger charge is -2.52. The van der Waals surface area contributed by atoms with E-state index in [2.05, 4.69) is 21.3 Å². The predicted octanol–water partition coefficient (Wildman–Crippen LogP) is -19.5. The van der Waals surface area contributed by atoms with Crippen molar-refractivity contribution >= 4 is 35.6 Å². The lowest BCUT2D eigenvalue weighted by Crippen LogP contribution is -2.72. The molecule has 8 heterocycles. The molecule has 0 aliphatic carbocycles. The molecular formula is C62H102N4O47. The monoisotopic (exact) mass is 1650 g/mol. The van der Waals surface area contributed by atoms with Crippen molar-refractivity contribution in [1.29, 1.82) is 0 Å². The van der Waals surface area contributed by atoms with Crippen LogP contribution in [-0.2, 0) is 99.8 Å². The molecule has 0 aromatic heterocycles. The molecular weight excluding hydrogens is 1550 g/mol. The fourth-order valence-corrected chi connectivity index (χ4v) is 14.5. The number of aliphatic carboxylic acids is 2. The summed E-state index contributed by atoms with van der Waals surface area (Å²) in [4.78, 5) is 77.5. The first kappa shape index (κ1) is 93.8. The van der Waals surface area contributed by atoms with E-state index in [0.717, 1.165) is 27.7 Å². The molecule has 8 saturated heterocycles. The van der Waals surface area contributed by atoms with Crippen molar-refractivity contribution in [3.05, 3.63) is 0 Å². The number of aliphatic hydroxyl groups is 24. The number of carbonyl (C=O) groups is 6. The first-order valence-corrected chi connectivity index (χ1v) is 35.4. The smallest absolute Gasteiger partial charge is 0.364 e. The van der Waals surface area contributed by atoms with E-state index in [1.54, 1.807) is 0 Å². The third-order valence-corrected chi connectivity index (χ3v) is 20.2. The van der Waals surface area contributed by atoms with E-state index >= 15 is 0 Å². The van der Waals surface area contributed by atoms with Gasteiger partial charge >= 0.3 is 11.9 Å². The third kappa shape index (κ3) is 20.4. The quantitative estimate of drug-likeness (QED) is 0.0297. The van der Waals surface area contributed by atoms with Crippen LogP contribution in [0.2, 0.25) is 0 Å². The van der Waals surface area contributed by atoms with Gasteiger partial charge in [0.15, 0.2) is 37.7 Å². The largest absolute Gasteiger partial charge is 0.477 e. The van der Waals surface area contributed by atoms with Crippen molar-refractivity contribution in [1.82, 2.24) is 21.3 Å². The van der Waals surface area contributed by atoms with Gasteiger partial charge in [-0.05, 0) is 0 Å². The van der Waals surface area contributed by atoms with Crippen LogP contribution in [0.3, 0.4) is 0 Å². The van der Waals surface area contributed by atoms with Gasteiger partial charge in [0.1, 0.15) is 183 Å². The topological polar surface area (TPSA) is 815 Å². The van der Waals surface area contributed by atoms with E-state index < -0.39 is 358 Å². The lowest BCUT2D eigenvalue weighted by molar-refractivity contribution is -0.392. The molecule has 0 saturated carbocycles. The number of carbonyl (C=O) groups excluding carboxylic acids is 4. The van der Waals surface area contributed by atoms with E-state index in [1.807, 2.05) is 0 Å². The maximum Gasteiger partial charge on any atom is 0.364 e. The summed E-state index contributed by atoms with van der Waals surface area (Å²) in [6.45, 7) is -6.05. The minimum atomic E-state index is -3.54. The van der Waals surface area contributed by atoms with Gasteiger partial charge in [0.25, 0.3) is 11.6 Å². The van der Waals surface area contributed by atoms with Crippen LogP contribution in [0.1, 0.15) is 40.5 Å². The summed E-state index contributed by atoms with van der Waals surface area (Å²) in [6.07, 6.45) is -81.2. The van der Waals surface area contributed by atoms with Crippen LogP contribution < -0.4 is 21.3 Å². The first-order valence-electron chi connectivity index (χ1n) is 35.4. The number of nitrogens with one attached hydrogen (secondary N) is 4. The first-order chi connectivity index (χ1) is 53.2. The van der Waals surface area contributed by atoms with Crippen molar-refractivity contribution < 1.29 is 233 Å². The normalized spacial score (nSPS) is 45.6. The Kier molecular flexibility index (Phi) is 33.1. The molecule has 0 aromatic rings. The molecule has 0 bridgehead atoms. The van der Waals surface area contributed by atoms with Gasteiger partial charge in [-0.1, -0.05) is 0 Å². The van der Waals surface area contributed by atoms with Crippen LogP contribution in [0.4, 0.5) is 0 Å². The highest BCUT2D eigenvalue weighted by atomic mass is 16.8. The third-order valence-electron chi connectivity index (χ3n) is 20.2. The number of carboxylic acids is 2. The summed E-state index contributed by atoms with van der Waals surface area (Å²) in [5.74, 6) is -15.3. The molecule has 51 nitrogen and oxygen atoms in total. The molecule has 8 rings (SSSR count). The van der Waals surface area contributed by atoms with Crippen molar-refractivity contribution in [2.24, 2.45) is 0 Å². The van der Waals surface area contributed by atoms with Gasteiger partial charge in [-0.2, -0.15) is 0 Å². The zero-order valence-electron chi connectivity index (χ0n) is 60.4. The molecule has 0 radical (unpaired) electrons. The second-order valence-corrected chi connectivity index (χ2v) is 28.2. The summed E-state index contributed by atoms with van der Waals surface area (Å²) < 4.78 is 86.3. The van der Waals surface area contributed by atoms with Crippen LogP contribution in [0.15, 0.2) is 0 Å². The highest BCUT2D eigenvalue weighted by Gasteiger charge is 2.64. The molecule has 8 fully saturated rings. The Balaban J connectivity index is 1.01. The van der Waals surface area contributed by atoms with Crippen molar-refractivity contribution in [3.63, 3.8) is 0 Å². The van der Waals surface area contributed by atoms with E-state index in [4.69, 9.17) is 71.1 Å². The molecule has 8 aliphatic rings. The molecule has 42 atom stereocenters. The summed E-state index contributed by atoms with van der Waals surface area (Å²) in [6, 6.07) is -7.77. The highest BCUT2D eigenvalue weighted by Crippen LogP contribution is 2.43. The van der Waals surface area contributed by atoms with Crippen LogP contribution in [0.5, 0.6) is 0 Å². The number of hydrogen-bond donors (Lipinski definition) is 30. The average Bonchev–Trinajstić information content (AvgIpc) is 0.751. The predicted molar refractivity (Wildman–Crippen MR) is 345 cm³/mol. The van der Waals surface area contributed by atoms with Crippen LogP contribution in [0.25, 0.3) is 0 Å². The van der Waals surface area contributed by atoms with E-state index in [-0.39, 0.29) is 0 Å². The number of aliphatic hydroxyl groups excluding tert-OH is 24. The fourth-order valence-electron chi connectivity index (χ4n) is 14.5. The SMILES string of the molecule is CC(=O)N[C@H]1[C@H](O[C@H]2[C@@H](O)[C@@H](CO)O[C@@H](O[C@H]3[C@H](O)[C@@H](O)[C@H](O)O[C@@H]3CO)[C@@H]2O)O[C@H](CO)[C@@H](O[C@@H]2O[C@H](CO)[C@H](O)[C@H](O[C@@H]3O[C@H](CO)[C@@H](O[C@@H]4O[C@H](CO)[C@H](O)[C@H](O[C@]5(C(=O)O)C[C@H](O)[C@@H](NC(C)=O)[C@H]([C@H](O)[C@@H](CO)O[C@]6(C(=O)O)C[C@H](O)[C@@H](NC(C)=O)[C@H]([C@H](O)[C@H](O)CO)O6)O5)[C@H]4O)[C@H](O)[C@H]3NC(C)=O)[C@H]2O)[C@@H]1O. The molecule has 0 aromatic carbocycles. The summed E-state index contributed by atoms with van der Waals surface area (Å²) in [5.41, 5.74) is 0. The number of carboxylic acid groups (broad SMARTS) is 2. The lowest BCUT2D eigenvalue weighted by atomic mass is 9.87. The maximum absolute atomic E-state index is 13.7. The number of rotatable bonds is 32. The van der Waals surface area contributed by atoms with Gasteiger partial charge in [0.2, 0.25) is 23.6 Å². The Morgan fingerprint density at radius 1 is 0.363 bits per heavy atom. The summed E-state index contributed by atoms with van der Waals surface area (Å²) in [7, 11) is 0. The Hall–Kier alpha value is -4.74. The van der Waals surface area contributed by atoms with E-state index in [1.165, 1.54) is 0 Å². The molecule has 113 heavy (non-hydrogen) atoms. The second kappa shape index (κ2) is 39.9. The van der Waals surface area contributed by atoms with Crippen LogP contribution >= 0.6 is 0 Å². The maximum atomic E-state index is 13.7. The van der Waals surface area contributed by atoms with Crippen LogP contribution in [0, 0.1) is 0 Å². The minimum absolute atomic E-state index is 0.857. The Morgan fingerprint density at radius 2 is 0.681 bits per heavy atom. The van der Waals surface area contributed by atoms with Crippen molar-refractivity contribution in [3.8, 4) is 0 Å². The number of ether oxygens (including phenoxy) is 15. The van der Waals surface area contributed by atoms with Gasteiger partial charge in [-0.25, -0.2) is 9.59 Å². The Morgan fingerprint density at radius 3 is 1.04 bits per heavy atom. The summed E-state index contributed by atoms with van der Waals surface area (Å²) >= 11 is 0. The van der Waals surface area contributed by atoms with Crippen molar-refractivity contribution in [2.75, 3.05) is 52.9 Å². The van der Waals surface area contributed by atoms with E-state index in [9.17, 15) is 162 Å². The number of hydrogen-bond acceptors (Lipinski definition) is 45. The zero-order chi connectivity index (χ0) is 84.1. The van der Waals surface area contributed by atoms with Gasteiger partial charge in [-0.3, -0.25) is 19.2 Å².